The Labute approximate surface area is 204 Å². The average Bonchev–Trinajstić information content (AvgIpc) is 3.44. The van der Waals surface area contributed by atoms with Gasteiger partial charge >= 0.3 is 18.1 Å². The molecule has 0 spiro atoms. The number of carbonyl (C=O) groups is 2. The van der Waals surface area contributed by atoms with Crippen molar-refractivity contribution in [3.05, 3.63) is 40.6 Å². The quantitative estimate of drug-likeness (QED) is 0.172. The Hall–Kier alpha value is -3.10. The minimum absolute atomic E-state index is 0.0554. The molecule has 0 radical (unpaired) electrons. The summed E-state index contributed by atoms with van der Waals surface area (Å²) >= 11 is 4.61. The number of carboxylic acids is 1. The van der Waals surface area contributed by atoms with Gasteiger partial charge in [-0.3, -0.25) is 5.41 Å². The summed E-state index contributed by atoms with van der Waals surface area (Å²) in [4.78, 5) is 25.7. The highest BCUT2D eigenvalue weighted by atomic mass is 32.2. The largest absolute Gasteiger partial charge is 0.490 e. The summed E-state index contributed by atoms with van der Waals surface area (Å²) in [5.41, 5.74) is 8.17. The van der Waals surface area contributed by atoms with E-state index in [-0.39, 0.29) is 12.4 Å². The molecular weight excluding hydrogens is 515 g/mol. The predicted molar refractivity (Wildman–Crippen MR) is 125 cm³/mol. The number of rotatable bonds is 7. The van der Waals surface area contributed by atoms with E-state index in [2.05, 4.69) is 4.74 Å². The zero-order chi connectivity index (χ0) is 25.5. The van der Waals surface area contributed by atoms with Gasteiger partial charge in [0.05, 0.1) is 21.9 Å². The van der Waals surface area contributed by atoms with Crippen molar-refractivity contribution in [3.63, 3.8) is 0 Å². The van der Waals surface area contributed by atoms with Crippen LogP contribution in [0.1, 0.15) is 4.88 Å². The molecule has 0 atom stereocenters. The minimum Gasteiger partial charge on any atom is -0.481 e. The maximum atomic E-state index is 11.4. The van der Waals surface area contributed by atoms with Crippen molar-refractivity contribution in [2.24, 2.45) is 5.73 Å². The number of thiazole rings is 1. The van der Waals surface area contributed by atoms with Crippen LogP contribution in [0.5, 0.6) is 5.75 Å². The molecule has 0 saturated carbocycles. The number of esters is 1. The molecule has 0 aliphatic heterocycles. The number of thioether (sulfide) groups is 1. The maximum absolute atomic E-state index is 11.4. The van der Waals surface area contributed by atoms with Crippen molar-refractivity contribution in [2.45, 2.75) is 10.4 Å². The summed E-state index contributed by atoms with van der Waals surface area (Å²) in [6.07, 6.45) is -3.09. The van der Waals surface area contributed by atoms with Crippen LogP contribution in [0.4, 0.5) is 13.2 Å². The maximum Gasteiger partial charge on any atom is 0.490 e. The van der Waals surface area contributed by atoms with E-state index < -0.39 is 18.1 Å². The smallest absolute Gasteiger partial charge is 0.481 e. The highest BCUT2D eigenvalue weighted by molar-refractivity contribution is 8.00. The van der Waals surface area contributed by atoms with Crippen LogP contribution in [0.15, 0.2) is 39.9 Å². The van der Waals surface area contributed by atoms with Crippen molar-refractivity contribution < 1.29 is 37.3 Å². The number of benzene rings is 1. The third kappa shape index (κ3) is 7.20. The number of hydrogen-bond acceptors (Lipinski definition) is 9. The van der Waals surface area contributed by atoms with E-state index in [4.69, 9.17) is 30.8 Å². The number of aliphatic carboxylic acids is 1. The minimum atomic E-state index is -5.08. The standard InChI is InChI=1S/C18H17N3O3S3.C2HF3O2/c1-23-15(22)8-24-13-6-4-3-5-10(13)12-9-26-17(21-12)11-7-14(16(19)20)27-18(11)25-2;3-2(4,5)1(6)7/h3-7,9H,8H2,1-2H3,(H3,19,20);(H,6,7). The molecule has 0 bridgehead atoms. The number of alkyl halides is 3. The Bertz CT molecular complexity index is 1180. The van der Waals surface area contributed by atoms with Crippen LogP contribution in [-0.4, -0.2) is 54.0 Å². The molecule has 2 heterocycles. The lowest BCUT2D eigenvalue weighted by atomic mass is 10.1. The lowest BCUT2D eigenvalue weighted by molar-refractivity contribution is -0.192. The lowest BCUT2D eigenvalue weighted by Crippen LogP contribution is -2.21. The number of hydrogen-bond donors (Lipinski definition) is 3. The molecule has 0 fully saturated rings. The number of halogens is 3. The van der Waals surface area contributed by atoms with Crippen LogP contribution in [0.3, 0.4) is 0 Å². The molecule has 182 valence electrons. The van der Waals surface area contributed by atoms with Gasteiger partial charge in [0, 0.05) is 16.5 Å². The summed E-state index contributed by atoms with van der Waals surface area (Å²) in [5, 5.41) is 17.6. The van der Waals surface area contributed by atoms with Gasteiger partial charge in [-0.1, -0.05) is 12.1 Å². The number of para-hydroxylation sites is 1. The molecule has 8 nitrogen and oxygen atoms in total. The third-order valence-electron chi connectivity index (χ3n) is 3.86. The molecule has 34 heavy (non-hydrogen) atoms. The number of nitrogens with zero attached hydrogens (tertiary/aromatic N) is 1. The van der Waals surface area contributed by atoms with E-state index in [0.29, 0.717) is 5.75 Å². The van der Waals surface area contributed by atoms with Gasteiger partial charge < -0.3 is 20.3 Å². The first-order chi connectivity index (χ1) is 16.0. The Balaban J connectivity index is 0.000000509. The fourth-order valence-electron chi connectivity index (χ4n) is 2.33. The van der Waals surface area contributed by atoms with E-state index >= 15 is 0 Å². The Morgan fingerprint density at radius 3 is 2.47 bits per heavy atom. The number of thiophene rings is 1. The lowest BCUT2D eigenvalue weighted by Gasteiger charge is -2.08. The number of nitrogens with one attached hydrogen (secondary N) is 1. The van der Waals surface area contributed by atoms with Gasteiger partial charge in [0.25, 0.3) is 0 Å². The van der Waals surface area contributed by atoms with Gasteiger partial charge in [-0.15, -0.1) is 34.4 Å². The summed E-state index contributed by atoms with van der Waals surface area (Å²) in [5.74, 6) is -2.57. The van der Waals surface area contributed by atoms with E-state index in [1.54, 1.807) is 17.8 Å². The monoisotopic (exact) mass is 533 g/mol. The summed E-state index contributed by atoms with van der Waals surface area (Å²) in [6, 6.07) is 9.33. The number of nitrogens with two attached hydrogens (primary N) is 1. The van der Waals surface area contributed by atoms with Crippen LogP contribution in [0.25, 0.3) is 21.8 Å². The fraction of sp³-hybridized carbons (Fsp3) is 0.200. The number of aromatic nitrogens is 1. The molecule has 0 saturated heterocycles. The first-order valence-corrected chi connectivity index (χ1v) is 12.0. The highest BCUT2D eigenvalue weighted by Crippen LogP contribution is 2.41. The molecule has 1 aromatic carbocycles. The number of methoxy groups -OCH3 is 1. The predicted octanol–water partition coefficient (Wildman–Crippen LogP) is 4.73. The molecule has 0 amide bonds. The van der Waals surface area contributed by atoms with E-state index in [1.165, 1.54) is 29.8 Å². The number of carboxylic acid groups (broad SMARTS) is 1. The summed E-state index contributed by atoms with van der Waals surface area (Å²) in [6.45, 7) is -0.159. The van der Waals surface area contributed by atoms with Crippen molar-refractivity contribution in [1.82, 2.24) is 4.98 Å². The van der Waals surface area contributed by atoms with Crippen molar-refractivity contribution in [2.75, 3.05) is 20.0 Å². The molecule has 0 aliphatic carbocycles. The van der Waals surface area contributed by atoms with Gasteiger partial charge in [-0.2, -0.15) is 13.2 Å². The molecular formula is C20H18F3N3O5S3. The SMILES string of the molecule is COC(=O)COc1ccccc1-c1csc(-c2cc(C(=N)N)sc2SC)n1.O=C(O)C(F)(F)F. The topological polar surface area (TPSA) is 136 Å². The second-order valence-electron chi connectivity index (χ2n) is 6.13. The normalized spacial score (nSPS) is 10.7. The van der Waals surface area contributed by atoms with Crippen molar-refractivity contribution in [3.8, 4) is 27.6 Å². The van der Waals surface area contributed by atoms with Gasteiger partial charge in [-0.25, -0.2) is 14.6 Å². The summed E-state index contributed by atoms with van der Waals surface area (Å²) in [7, 11) is 1.32. The number of carbonyl (C=O) groups excluding carboxylic acids is 1. The zero-order valence-corrected chi connectivity index (χ0v) is 20.1. The van der Waals surface area contributed by atoms with Crippen LogP contribution in [0.2, 0.25) is 0 Å². The summed E-state index contributed by atoms with van der Waals surface area (Å²) < 4.78 is 43.0. The van der Waals surface area contributed by atoms with Crippen LogP contribution < -0.4 is 10.5 Å². The van der Waals surface area contributed by atoms with Crippen LogP contribution >= 0.6 is 34.4 Å². The highest BCUT2D eigenvalue weighted by Gasteiger charge is 2.38. The molecule has 14 heteroatoms. The van der Waals surface area contributed by atoms with Crippen molar-refractivity contribution in [1.29, 1.82) is 5.41 Å². The Kier molecular flexibility index (Phi) is 9.46. The molecule has 4 N–H and O–H groups in total. The van der Waals surface area contributed by atoms with E-state index in [0.717, 1.165) is 30.9 Å². The Morgan fingerprint density at radius 2 is 1.91 bits per heavy atom. The molecule has 3 rings (SSSR count). The molecule has 2 aromatic heterocycles. The molecule has 0 unspecified atom stereocenters. The van der Waals surface area contributed by atoms with Gasteiger partial charge in [0.2, 0.25) is 0 Å². The Morgan fingerprint density at radius 1 is 1.26 bits per heavy atom. The van der Waals surface area contributed by atoms with Gasteiger partial charge in [-0.05, 0) is 24.5 Å². The van der Waals surface area contributed by atoms with Gasteiger partial charge in [0.15, 0.2) is 6.61 Å². The van der Waals surface area contributed by atoms with Crippen molar-refractivity contribution >= 4 is 52.2 Å². The third-order valence-corrected chi connectivity index (χ3v) is 7.04. The molecule has 3 aromatic rings. The number of nitrogen functional groups attached to an aromatic ring is 1. The van der Waals surface area contributed by atoms with E-state index in [1.807, 2.05) is 35.9 Å². The fourth-order valence-corrected chi connectivity index (χ4v) is 5.03. The van der Waals surface area contributed by atoms with Gasteiger partial charge in [0.1, 0.15) is 16.6 Å². The van der Waals surface area contributed by atoms with E-state index in [9.17, 15) is 18.0 Å². The number of amidine groups is 1. The van der Waals surface area contributed by atoms with Crippen LogP contribution in [-0.2, 0) is 14.3 Å². The first-order valence-electron chi connectivity index (χ1n) is 9.05. The average molecular weight is 534 g/mol. The molecule has 0 aliphatic rings. The second kappa shape index (κ2) is 11.9. The second-order valence-corrected chi connectivity index (χ2v) is 9.12. The number of ether oxygens (including phenoxy) is 2. The first kappa shape index (κ1) is 27.1. The van der Waals surface area contributed by atoms with Crippen LogP contribution in [0, 0.1) is 5.41 Å². The zero-order valence-electron chi connectivity index (χ0n) is 17.6.